The van der Waals surface area contributed by atoms with Crippen LogP contribution in [0.3, 0.4) is 0 Å². The third kappa shape index (κ3) is 3.90. The minimum absolute atomic E-state index is 0.210. The Morgan fingerprint density at radius 3 is 2.76 bits per heavy atom. The van der Waals surface area contributed by atoms with Crippen molar-refractivity contribution in [2.75, 3.05) is 0 Å². The summed E-state index contributed by atoms with van der Waals surface area (Å²) in [6.45, 7) is 3.52. The predicted octanol–water partition coefficient (Wildman–Crippen LogP) is 4.56. The number of alkyl halides is 3. The summed E-state index contributed by atoms with van der Waals surface area (Å²) < 4.78 is 45.6. The Hall–Kier alpha value is -3.10. The van der Waals surface area contributed by atoms with Gasteiger partial charge in [0.25, 0.3) is 5.91 Å². The third-order valence-electron chi connectivity index (χ3n) is 5.02. The fourth-order valence-corrected chi connectivity index (χ4v) is 3.23. The molecule has 1 fully saturated rings. The number of nitrogens with one attached hydrogen (secondary N) is 1. The second kappa shape index (κ2) is 7.06. The van der Waals surface area contributed by atoms with Crippen LogP contribution in [0, 0.1) is 6.92 Å². The number of benzene rings is 1. The third-order valence-corrected chi connectivity index (χ3v) is 5.02. The molecule has 0 saturated heterocycles. The average Bonchev–Trinajstić information content (AvgIpc) is 3.26. The molecule has 1 atom stereocenters. The van der Waals surface area contributed by atoms with Crippen molar-refractivity contribution in [3.63, 3.8) is 0 Å². The van der Waals surface area contributed by atoms with E-state index in [1.165, 1.54) is 10.7 Å². The zero-order valence-electron chi connectivity index (χ0n) is 15.8. The second-order valence-electron chi connectivity index (χ2n) is 7.23. The Morgan fingerprint density at radius 1 is 1.31 bits per heavy atom. The first-order chi connectivity index (χ1) is 13.7. The lowest BCUT2D eigenvalue weighted by Gasteiger charge is -2.14. The molecule has 1 aromatic carbocycles. The molecule has 1 aliphatic rings. The molecule has 1 N–H and O–H groups in total. The highest BCUT2D eigenvalue weighted by Gasteiger charge is 2.31. The van der Waals surface area contributed by atoms with Crippen molar-refractivity contribution in [1.82, 2.24) is 20.3 Å². The van der Waals surface area contributed by atoms with Crippen LogP contribution in [-0.4, -0.2) is 20.8 Å². The Balaban J connectivity index is 1.52. The molecule has 0 unspecified atom stereocenters. The highest BCUT2D eigenvalue weighted by Crippen LogP contribution is 2.40. The van der Waals surface area contributed by atoms with Crippen molar-refractivity contribution in [2.24, 2.45) is 0 Å². The summed E-state index contributed by atoms with van der Waals surface area (Å²) in [7, 11) is 0. The molecule has 2 aromatic heterocycles. The fourth-order valence-electron chi connectivity index (χ4n) is 3.23. The van der Waals surface area contributed by atoms with Gasteiger partial charge in [0.15, 0.2) is 5.69 Å². The van der Waals surface area contributed by atoms with E-state index in [-0.39, 0.29) is 11.6 Å². The normalized spacial score (nSPS) is 15.3. The summed E-state index contributed by atoms with van der Waals surface area (Å²) in [4.78, 5) is 12.4. The summed E-state index contributed by atoms with van der Waals surface area (Å²) >= 11 is 0. The number of rotatable bonds is 5. The van der Waals surface area contributed by atoms with Crippen LogP contribution in [0.25, 0.3) is 5.69 Å². The van der Waals surface area contributed by atoms with Gasteiger partial charge in [-0.25, -0.2) is 4.68 Å². The van der Waals surface area contributed by atoms with Crippen LogP contribution in [0.4, 0.5) is 13.2 Å². The Bertz CT molecular complexity index is 1050. The van der Waals surface area contributed by atoms with Gasteiger partial charge in [-0.05, 0) is 44.9 Å². The number of nitrogens with zero attached hydrogens (tertiary/aromatic N) is 3. The molecular formula is C20H19F3N4O2. The van der Waals surface area contributed by atoms with Crippen molar-refractivity contribution < 1.29 is 22.5 Å². The molecule has 1 aliphatic carbocycles. The Labute approximate surface area is 164 Å². The number of hydrogen-bond acceptors (Lipinski definition) is 4. The van der Waals surface area contributed by atoms with Gasteiger partial charge in [-0.2, -0.15) is 18.3 Å². The molecule has 1 amide bonds. The van der Waals surface area contributed by atoms with Gasteiger partial charge in [-0.15, -0.1) is 0 Å². The van der Waals surface area contributed by atoms with Crippen molar-refractivity contribution in [1.29, 1.82) is 0 Å². The first-order valence-corrected chi connectivity index (χ1v) is 9.23. The number of carbonyl (C=O) groups is 1. The zero-order valence-corrected chi connectivity index (χ0v) is 15.8. The number of aromatic nitrogens is 3. The lowest BCUT2D eigenvalue weighted by Crippen LogP contribution is -2.27. The lowest BCUT2D eigenvalue weighted by molar-refractivity contribution is -0.137. The standard InChI is InChI=1S/C20H19F3N4O2/c1-11(25-19(28)17-9-18(29-26-17)13-6-7-13)16-10-24-27(12(16)2)15-5-3-4-14(8-15)20(21,22)23/h3-5,8-11,13H,6-7H2,1-2H3,(H,25,28)/t11-/m0/s1. The van der Waals surface area contributed by atoms with Crippen LogP contribution in [-0.2, 0) is 6.18 Å². The molecular weight excluding hydrogens is 385 g/mol. The average molecular weight is 404 g/mol. The van der Waals surface area contributed by atoms with Crippen LogP contribution < -0.4 is 5.32 Å². The highest BCUT2D eigenvalue weighted by atomic mass is 19.4. The molecule has 9 heteroatoms. The van der Waals surface area contributed by atoms with E-state index in [4.69, 9.17) is 4.52 Å². The van der Waals surface area contributed by atoms with Gasteiger partial charge in [0.05, 0.1) is 23.5 Å². The minimum atomic E-state index is -4.43. The molecule has 0 aliphatic heterocycles. The van der Waals surface area contributed by atoms with Crippen LogP contribution in [0.5, 0.6) is 0 Å². The lowest BCUT2D eigenvalue weighted by atomic mass is 10.1. The van der Waals surface area contributed by atoms with Crippen LogP contribution in [0.1, 0.15) is 64.8 Å². The van der Waals surface area contributed by atoms with Gasteiger partial charge in [0.1, 0.15) is 5.76 Å². The van der Waals surface area contributed by atoms with E-state index >= 15 is 0 Å². The van der Waals surface area contributed by atoms with Gasteiger partial charge in [-0.3, -0.25) is 4.79 Å². The molecule has 0 spiro atoms. The monoisotopic (exact) mass is 404 g/mol. The topological polar surface area (TPSA) is 73.0 Å². The van der Waals surface area contributed by atoms with Crippen LogP contribution >= 0.6 is 0 Å². The van der Waals surface area contributed by atoms with E-state index in [9.17, 15) is 18.0 Å². The number of carbonyl (C=O) groups excluding carboxylic acids is 1. The molecule has 0 bridgehead atoms. The molecule has 4 rings (SSSR count). The van der Waals surface area contributed by atoms with E-state index in [2.05, 4.69) is 15.6 Å². The van der Waals surface area contributed by atoms with Gasteiger partial charge < -0.3 is 9.84 Å². The van der Waals surface area contributed by atoms with E-state index in [1.807, 2.05) is 0 Å². The first kappa shape index (κ1) is 19.2. The van der Waals surface area contributed by atoms with Gasteiger partial charge in [0.2, 0.25) is 0 Å². The van der Waals surface area contributed by atoms with Crippen molar-refractivity contribution in [3.05, 3.63) is 64.8 Å². The minimum Gasteiger partial charge on any atom is -0.360 e. The number of halogens is 3. The molecule has 29 heavy (non-hydrogen) atoms. The smallest absolute Gasteiger partial charge is 0.360 e. The number of hydrogen-bond donors (Lipinski definition) is 1. The maximum absolute atomic E-state index is 13.0. The van der Waals surface area contributed by atoms with E-state index in [0.717, 1.165) is 30.7 Å². The van der Waals surface area contributed by atoms with Gasteiger partial charge >= 0.3 is 6.18 Å². The summed E-state index contributed by atoms with van der Waals surface area (Å²) in [5.74, 6) is 0.699. The Kier molecular flexibility index (Phi) is 4.68. The van der Waals surface area contributed by atoms with Crippen LogP contribution in [0.15, 0.2) is 41.1 Å². The first-order valence-electron chi connectivity index (χ1n) is 9.23. The molecule has 3 aromatic rings. The molecule has 0 radical (unpaired) electrons. The SMILES string of the molecule is Cc1c([C@H](C)NC(=O)c2cc(C3CC3)on2)cnn1-c1cccc(C(F)(F)F)c1. The summed E-state index contributed by atoms with van der Waals surface area (Å²) in [5.41, 5.74) is 1.09. The number of amides is 1. The quantitative estimate of drug-likeness (QED) is 0.677. The van der Waals surface area contributed by atoms with Crippen molar-refractivity contribution in [3.8, 4) is 5.69 Å². The fraction of sp³-hybridized carbons (Fsp3) is 0.350. The summed E-state index contributed by atoms with van der Waals surface area (Å²) in [6.07, 6.45) is -0.807. The molecule has 6 nitrogen and oxygen atoms in total. The molecule has 2 heterocycles. The van der Waals surface area contributed by atoms with Gasteiger partial charge in [0, 0.05) is 23.2 Å². The maximum atomic E-state index is 13.0. The molecule has 152 valence electrons. The Morgan fingerprint density at radius 2 is 2.07 bits per heavy atom. The van der Waals surface area contributed by atoms with Gasteiger partial charge in [-0.1, -0.05) is 11.2 Å². The second-order valence-corrected chi connectivity index (χ2v) is 7.23. The van der Waals surface area contributed by atoms with E-state index in [0.29, 0.717) is 22.9 Å². The van der Waals surface area contributed by atoms with E-state index in [1.54, 1.807) is 32.2 Å². The zero-order chi connectivity index (χ0) is 20.8. The maximum Gasteiger partial charge on any atom is 0.416 e. The predicted molar refractivity (Wildman–Crippen MR) is 97.7 cm³/mol. The highest BCUT2D eigenvalue weighted by molar-refractivity contribution is 5.92. The molecule has 1 saturated carbocycles. The van der Waals surface area contributed by atoms with Crippen molar-refractivity contribution >= 4 is 5.91 Å². The summed E-state index contributed by atoms with van der Waals surface area (Å²) in [5, 5.41) is 10.9. The largest absolute Gasteiger partial charge is 0.416 e. The van der Waals surface area contributed by atoms with Crippen LogP contribution in [0.2, 0.25) is 0 Å². The van der Waals surface area contributed by atoms with E-state index < -0.39 is 17.8 Å². The van der Waals surface area contributed by atoms with Crippen molar-refractivity contribution in [2.45, 2.75) is 44.8 Å². The summed E-state index contributed by atoms with van der Waals surface area (Å²) in [6, 6.07) is 6.19.